The molecule has 6 heteroatoms. The summed E-state index contributed by atoms with van der Waals surface area (Å²) in [6, 6.07) is 5.50. The summed E-state index contributed by atoms with van der Waals surface area (Å²) < 4.78 is 10.6. The molecule has 1 heterocycles. The molecule has 0 aliphatic heterocycles. The number of para-hydroxylation sites is 1. The van der Waals surface area contributed by atoms with Gasteiger partial charge in [0.1, 0.15) is 5.82 Å². The van der Waals surface area contributed by atoms with Crippen molar-refractivity contribution in [3.8, 4) is 22.6 Å². The molecule has 1 aromatic heterocycles. The number of hydrogen-bond donors (Lipinski definition) is 2. The Bertz CT molecular complexity index is 572. The van der Waals surface area contributed by atoms with Gasteiger partial charge in [-0.1, -0.05) is 12.1 Å². The van der Waals surface area contributed by atoms with E-state index in [0.717, 1.165) is 5.56 Å². The molecule has 0 atom stereocenters. The fraction of sp³-hybridized carbons (Fsp3) is 0.167. The molecule has 0 saturated carbocycles. The van der Waals surface area contributed by atoms with Gasteiger partial charge in [-0.2, -0.15) is 4.98 Å². The molecule has 0 radical (unpaired) electrons. The average molecular weight is 246 g/mol. The van der Waals surface area contributed by atoms with Crippen LogP contribution in [0.25, 0.3) is 11.1 Å². The Morgan fingerprint density at radius 3 is 2.44 bits per heavy atom. The van der Waals surface area contributed by atoms with E-state index in [1.807, 2.05) is 12.1 Å². The summed E-state index contributed by atoms with van der Waals surface area (Å²) >= 11 is 0. The summed E-state index contributed by atoms with van der Waals surface area (Å²) in [4.78, 5) is 7.87. The number of anilines is 2. The van der Waals surface area contributed by atoms with E-state index in [2.05, 4.69) is 9.97 Å². The van der Waals surface area contributed by atoms with Gasteiger partial charge in [-0.3, -0.25) is 0 Å². The third kappa shape index (κ3) is 2.00. The van der Waals surface area contributed by atoms with Gasteiger partial charge < -0.3 is 20.9 Å². The number of aromatic nitrogens is 2. The largest absolute Gasteiger partial charge is 0.493 e. The third-order valence-electron chi connectivity index (χ3n) is 2.53. The van der Waals surface area contributed by atoms with Crippen molar-refractivity contribution in [1.29, 1.82) is 0 Å². The Morgan fingerprint density at radius 1 is 1.06 bits per heavy atom. The fourth-order valence-corrected chi connectivity index (χ4v) is 1.72. The number of methoxy groups -OCH3 is 2. The van der Waals surface area contributed by atoms with Crippen LogP contribution in [0.5, 0.6) is 11.5 Å². The minimum Gasteiger partial charge on any atom is -0.493 e. The maximum atomic E-state index is 5.84. The quantitative estimate of drug-likeness (QED) is 0.848. The maximum absolute atomic E-state index is 5.84. The standard InChI is InChI=1S/C12H14N4O2/c1-17-9-5-3-4-7(10(9)18-2)8-6-15-12(14)16-11(8)13/h3-6H,1-2H3,(H4,13,14,15,16). The highest BCUT2D eigenvalue weighted by Crippen LogP contribution is 2.39. The van der Waals surface area contributed by atoms with Crippen LogP contribution in [0.3, 0.4) is 0 Å². The summed E-state index contributed by atoms with van der Waals surface area (Å²) in [5.74, 6) is 1.64. The molecule has 18 heavy (non-hydrogen) atoms. The van der Waals surface area contributed by atoms with Crippen LogP contribution in [-0.2, 0) is 0 Å². The van der Waals surface area contributed by atoms with E-state index in [1.165, 1.54) is 0 Å². The van der Waals surface area contributed by atoms with E-state index in [-0.39, 0.29) is 5.95 Å². The summed E-state index contributed by atoms with van der Waals surface area (Å²) in [7, 11) is 3.14. The zero-order valence-corrected chi connectivity index (χ0v) is 10.2. The number of ether oxygens (including phenoxy) is 2. The van der Waals surface area contributed by atoms with E-state index < -0.39 is 0 Å². The minimum absolute atomic E-state index is 0.137. The Kier molecular flexibility index (Phi) is 3.18. The molecule has 0 aliphatic rings. The van der Waals surface area contributed by atoms with Crippen LogP contribution >= 0.6 is 0 Å². The van der Waals surface area contributed by atoms with Gasteiger partial charge in [0.05, 0.1) is 14.2 Å². The lowest BCUT2D eigenvalue weighted by Gasteiger charge is -2.13. The lowest BCUT2D eigenvalue weighted by atomic mass is 10.1. The van der Waals surface area contributed by atoms with Crippen molar-refractivity contribution in [2.24, 2.45) is 0 Å². The highest BCUT2D eigenvalue weighted by Gasteiger charge is 2.14. The second kappa shape index (κ2) is 4.79. The van der Waals surface area contributed by atoms with Crippen molar-refractivity contribution in [3.05, 3.63) is 24.4 Å². The summed E-state index contributed by atoms with van der Waals surface area (Å²) in [6.45, 7) is 0. The molecule has 1 aromatic carbocycles. The van der Waals surface area contributed by atoms with Crippen molar-refractivity contribution < 1.29 is 9.47 Å². The molecule has 94 valence electrons. The number of rotatable bonds is 3. The number of hydrogen-bond acceptors (Lipinski definition) is 6. The van der Waals surface area contributed by atoms with E-state index in [0.29, 0.717) is 22.9 Å². The second-order valence-electron chi connectivity index (χ2n) is 3.57. The van der Waals surface area contributed by atoms with Gasteiger partial charge in [-0.15, -0.1) is 0 Å². The first-order valence-corrected chi connectivity index (χ1v) is 5.26. The first kappa shape index (κ1) is 12.0. The van der Waals surface area contributed by atoms with E-state index in [9.17, 15) is 0 Å². The van der Waals surface area contributed by atoms with Crippen molar-refractivity contribution in [2.45, 2.75) is 0 Å². The fourth-order valence-electron chi connectivity index (χ4n) is 1.72. The van der Waals surface area contributed by atoms with Crippen LogP contribution in [-0.4, -0.2) is 24.2 Å². The predicted octanol–water partition coefficient (Wildman–Crippen LogP) is 1.33. The van der Waals surface area contributed by atoms with Gasteiger partial charge in [0.25, 0.3) is 0 Å². The molecule has 2 rings (SSSR count). The molecule has 0 amide bonds. The molecule has 0 bridgehead atoms. The normalized spacial score (nSPS) is 10.1. The van der Waals surface area contributed by atoms with E-state index >= 15 is 0 Å². The van der Waals surface area contributed by atoms with E-state index in [4.69, 9.17) is 20.9 Å². The number of nitrogens with two attached hydrogens (primary N) is 2. The van der Waals surface area contributed by atoms with Crippen molar-refractivity contribution >= 4 is 11.8 Å². The van der Waals surface area contributed by atoms with Crippen LogP contribution in [0.4, 0.5) is 11.8 Å². The van der Waals surface area contributed by atoms with Crippen LogP contribution < -0.4 is 20.9 Å². The molecule has 0 fully saturated rings. The molecule has 0 spiro atoms. The number of benzene rings is 1. The highest BCUT2D eigenvalue weighted by molar-refractivity contribution is 5.80. The van der Waals surface area contributed by atoms with Crippen LogP contribution in [0.15, 0.2) is 24.4 Å². The average Bonchev–Trinajstić information content (AvgIpc) is 2.37. The first-order chi connectivity index (χ1) is 8.67. The second-order valence-corrected chi connectivity index (χ2v) is 3.57. The first-order valence-electron chi connectivity index (χ1n) is 5.26. The zero-order chi connectivity index (χ0) is 13.1. The van der Waals surface area contributed by atoms with E-state index in [1.54, 1.807) is 26.5 Å². The SMILES string of the molecule is COc1cccc(-c2cnc(N)nc2N)c1OC. The lowest BCUT2D eigenvalue weighted by Crippen LogP contribution is -2.02. The van der Waals surface area contributed by atoms with Crippen molar-refractivity contribution in [2.75, 3.05) is 25.7 Å². The Balaban J connectivity index is 2.63. The lowest BCUT2D eigenvalue weighted by molar-refractivity contribution is 0.356. The smallest absolute Gasteiger partial charge is 0.221 e. The zero-order valence-electron chi connectivity index (χ0n) is 10.2. The molecule has 6 nitrogen and oxygen atoms in total. The molecule has 4 N–H and O–H groups in total. The Hall–Kier alpha value is -2.50. The molecule has 0 aliphatic carbocycles. The van der Waals surface area contributed by atoms with Crippen LogP contribution in [0, 0.1) is 0 Å². The predicted molar refractivity (Wildman–Crippen MR) is 69.4 cm³/mol. The minimum atomic E-state index is 0.137. The monoisotopic (exact) mass is 246 g/mol. The number of nitrogens with zero attached hydrogens (tertiary/aromatic N) is 2. The summed E-state index contributed by atoms with van der Waals surface area (Å²) in [5, 5.41) is 0. The molecular formula is C12H14N4O2. The highest BCUT2D eigenvalue weighted by atomic mass is 16.5. The van der Waals surface area contributed by atoms with Gasteiger partial charge in [0, 0.05) is 17.3 Å². The number of nitrogen functional groups attached to an aromatic ring is 2. The molecular weight excluding hydrogens is 232 g/mol. The summed E-state index contributed by atoms with van der Waals surface area (Å²) in [6.07, 6.45) is 1.56. The molecule has 2 aromatic rings. The van der Waals surface area contributed by atoms with Gasteiger partial charge in [0.2, 0.25) is 5.95 Å². The summed E-state index contributed by atoms with van der Waals surface area (Å²) in [5.41, 5.74) is 12.7. The topological polar surface area (TPSA) is 96.3 Å². The Morgan fingerprint density at radius 2 is 1.83 bits per heavy atom. The Labute approximate surface area is 105 Å². The van der Waals surface area contributed by atoms with Crippen LogP contribution in [0.1, 0.15) is 0 Å². The third-order valence-corrected chi connectivity index (χ3v) is 2.53. The van der Waals surface area contributed by atoms with Gasteiger partial charge in [-0.05, 0) is 6.07 Å². The molecule has 0 unspecified atom stereocenters. The van der Waals surface area contributed by atoms with Crippen molar-refractivity contribution in [1.82, 2.24) is 9.97 Å². The van der Waals surface area contributed by atoms with Gasteiger partial charge in [-0.25, -0.2) is 4.98 Å². The molecule has 0 saturated heterocycles. The van der Waals surface area contributed by atoms with Gasteiger partial charge in [0.15, 0.2) is 11.5 Å². The van der Waals surface area contributed by atoms with Gasteiger partial charge >= 0.3 is 0 Å². The van der Waals surface area contributed by atoms with Crippen molar-refractivity contribution in [3.63, 3.8) is 0 Å². The van der Waals surface area contributed by atoms with Crippen LogP contribution in [0.2, 0.25) is 0 Å². The maximum Gasteiger partial charge on any atom is 0.221 e.